The zero-order valence-corrected chi connectivity index (χ0v) is 15.5. The Morgan fingerprint density at radius 3 is 1.66 bits per heavy atom. The van der Waals surface area contributed by atoms with Crippen LogP contribution in [0.25, 0.3) is 0 Å². The van der Waals surface area contributed by atoms with Gasteiger partial charge in [0.15, 0.2) is 5.82 Å². The highest BCUT2D eigenvalue weighted by atomic mass is 32.3. The van der Waals surface area contributed by atoms with Gasteiger partial charge in [-0.25, -0.2) is 34.4 Å². The van der Waals surface area contributed by atoms with Crippen molar-refractivity contribution in [2.45, 2.75) is 42.6 Å². The summed E-state index contributed by atoms with van der Waals surface area (Å²) in [7, 11) is -13.0. The van der Waals surface area contributed by atoms with Crippen LogP contribution in [0.2, 0.25) is 0 Å². The molecule has 1 aliphatic rings. The zero-order chi connectivity index (χ0) is 22.5. The Morgan fingerprint density at radius 2 is 1.24 bits per heavy atom. The maximum Gasteiger partial charge on any atom is 0.491 e. The minimum atomic E-state index is -7.14. The first-order valence-corrected chi connectivity index (χ1v) is 10.7. The first-order chi connectivity index (χ1) is 13.0. The van der Waals surface area contributed by atoms with Gasteiger partial charge in [-0.1, -0.05) is 5.56 Å². The first-order valence-electron chi connectivity index (χ1n) is 7.63. The minimum absolute atomic E-state index is 0.212. The molecule has 0 saturated heterocycles. The van der Waals surface area contributed by atoms with E-state index in [1.165, 1.54) is 0 Å². The lowest BCUT2D eigenvalue weighted by atomic mass is 9.98. The van der Waals surface area contributed by atoms with Crippen molar-refractivity contribution in [1.82, 2.24) is 0 Å². The number of rotatable bonds is 4. The summed E-state index contributed by atoms with van der Waals surface area (Å²) in [5.74, 6) is -14.7. The predicted octanol–water partition coefficient (Wildman–Crippen LogP) is 3.85. The number of hydrogen-bond acceptors (Lipinski definition) is 4. The Kier molecular flexibility index (Phi) is 6.16. The van der Waals surface area contributed by atoms with Gasteiger partial charge in [0, 0.05) is 0 Å². The lowest BCUT2D eigenvalue weighted by Gasteiger charge is -2.33. The van der Waals surface area contributed by atoms with Crippen molar-refractivity contribution in [3.63, 3.8) is 0 Å². The van der Waals surface area contributed by atoms with Crippen LogP contribution in [-0.4, -0.2) is 33.8 Å². The third-order valence-electron chi connectivity index (χ3n) is 4.22. The molecule has 0 bridgehead atoms. The van der Waals surface area contributed by atoms with Gasteiger partial charge in [0.1, 0.15) is 27.6 Å². The van der Waals surface area contributed by atoms with Crippen molar-refractivity contribution >= 4 is 19.7 Å². The number of halogens is 9. The van der Waals surface area contributed by atoms with E-state index in [1.54, 1.807) is 0 Å². The Morgan fingerprint density at radius 1 is 0.793 bits per heavy atom. The van der Waals surface area contributed by atoms with Crippen LogP contribution < -0.4 is 0 Å². The molecule has 0 N–H and O–H groups in total. The summed E-state index contributed by atoms with van der Waals surface area (Å²) in [5, 5.41) is -2.19. The second kappa shape index (κ2) is 7.56. The van der Waals surface area contributed by atoms with Crippen molar-refractivity contribution in [3.8, 4) is 0 Å². The van der Waals surface area contributed by atoms with E-state index in [4.69, 9.17) is 0 Å². The maximum atomic E-state index is 14.0. The average Bonchev–Trinajstić information content (AvgIpc) is 2.60. The molecule has 0 aliphatic heterocycles. The Balaban J connectivity index is 2.89. The number of benzene rings is 1. The maximum absolute atomic E-state index is 14.0. The fraction of sp³-hybridized carbons (Fsp3) is 0.500. The van der Waals surface area contributed by atoms with E-state index in [2.05, 4.69) is 0 Å². The summed E-state index contributed by atoms with van der Waals surface area (Å²) in [5.41, 5.74) is -9.24. The molecule has 4 nitrogen and oxygen atoms in total. The number of alkyl halides is 4. The van der Waals surface area contributed by atoms with Gasteiger partial charge in [-0.05, 0) is 25.7 Å². The van der Waals surface area contributed by atoms with Gasteiger partial charge >= 0.3 is 5.51 Å². The number of sulfone groups is 2. The first kappa shape index (κ1) is 23.6. The molecule has 29 heavy (non-hydrogen) atoms. The smallest absolute Gasteiger partial charge is 0.280 e. The van der Waals surface area contributed by atoms with Gasteiger partial charge < -0.3 is 0 Å². The molecule has 0 amide bonds. The molecular weight excluding hydrogens is 467 g/mol. The van der Waals surface area contributed by atoms with Gasteiger partial charge in [-0.3, -0.25) is 8.78 Å². The van der Waals surface area contributed by atoms with E-state index in [0.717, 1.165) is 0 Å². The molecule has 1 fully saturated rings. The highest BCUT2D eigenvalue weighted by Crippen LogP contribution is 2.45. The second-order valence-corrected chi connectivity index (χ2v) is 10.4. The van der Waals surface area contributed by atoms with Gasteiger partial charge in [0.25, 0.3) is 0 Å². The highest BCUT2D eigenvalue weighted by Gasteiger charge is 2.55. The zero-order valence-electron chi connectivity index (χ0n) is 13.8. The molecule has 0 radical (unpaired) electrons. The third kappa shape index (κ3) is 3.90. The minimum Gasteiger partial charge on any atom is -0.280 e. The van der Waals surface area contributed by atoms with Crippen LogP contribution in [0.1, 0.15) is 31.2 Å². The molecule has 0 heterocycles. The van der Waals surface area contributed by atoms with Gasteiger partial charge in [0.2, 0.25) is 9.84 Å². The van der Waals surface area contributed by atoms with E-state index < -0.39 is 88.7 Å². The molecule has 1 aromatic carbocycles. The van der Waals surface area contributed by atoms with E-state index in [1.807, 2.05) is 0 Å². The van der Waals surface area contributed by atoms with Crippen LogP contribution in [0.4, 0.5) is 39.5 Å². The van der Waals surface area contributed by atoms with E-state index in [0.29, 0.717) is 0 Å². The molecule has 166 valence electrons. The van der Waals surface area contributed by atoms with Crippen LogP contribution in [-0.2, 0) is 19.7 Å². The van der Waals surface area contributed by atoms with Crippen LogP contribution in [0.15, 0.2) is 0 Å². The normalized spacial score (nSPS) is 21.3. The second-order valence-electron chi connectivity index (χ2n) is 6.11. The molecule has 1 aliphatic carbocycles. The van der Waals surface area contributed by atoms with E-state index in [-0.39, 0.29) is 12.8 Å². The largest absolute Gasteiger partial charge is 0.491 e. The lowest BCUT2D eigenvalue weighted by Crippen LogP contribution is -2.41. The molecule has 2 rings (SSSR count). The lowest BCUT2D eigenvalue weighted by molar-refractivity contribution is -0.0429. The molecule has 2 atom stereocenters. The van der Waals surface area contributed by atoms with Gasteiger partial charge in [0.05, 0.1) is 21.5 Å². The monoisotopic (exact) mass is 477 g/mol. The summed E-state index contributed by atoms with van der Waals surface area (Å²) in [6, 6.07) is 0. The van der Waals surface area contributed by atoms with Crippen LogP contribution in [0, 0.1) is 33.7 Å². The average molecular weight is 477 g/mol. The summed E-state index contributed by atoms with van der Waals surface area (Å²) >= 11 is 0. The molecule has 1 aromatic rings. The van der Waals surface area contributed by atoms with Gasteiger partial charge in [-0.15, -0.1) is 0 Å². The number of hydrogen-bond donors (Lipinski definition) is 0. The van der Waals surface area contributed by atoms with Gasteiger partial charge in [-0.2, -0.15) is 13.2 Å². The van der Waals surface area contributed by atoms with E-state index >= 15 is 0 Å². The Bertz CT molecular complexity index is 989. The summed E-state index contributed by atoms with van der Waals surface area (Å²) < 4.78 is 167. The van der Waals surface area contributed by atoms with Crippen LogP contribution in [0.3, 0.4) is 0 Å². The van der Waals surface area contributed by atoms with Crippen molar-refractivity contribution in [2.24, 2.45) is 0 Å². The standard InChI is InChI=1S/C14H10F9O4S2/c15-5-2-1-3-6(4-5)28(24,25)13(29(26,27)14(21,22)23)7-8(16)10(18)12(20)11(19)9(7)17/h5-6H,1-4H2/q-1. The SMILES string of the molecule is O=S(=O)([C-](c1c(F)c(F)c(F)c(F)c1F)S(=O)(=O)C(F)(F)F)C1CCCC(F)C1. The van der Waals surface area contributed by atoms with Crippen LogP contribution in [0.5, 0.6) is 0 Å². The fourth-order valence-electron chi connectivity index (χ4n) is 2.84. The molecule has 0 aromatic heterocycles. The topological polar surface area (TPSA) is 68.3 Å². The van der Waals surface area contributed by atoms with Crippen LogP contribution >= 0.6 is 0 Å². The fourth-order valence-corrected chi connectivity index (χ4v) is 7.12. The Hall–Kier alpha value is -1.64. The van der Waals surface area contributed by atoms with Crippen molar-refractivity contribution in [3.05, 3.63) is 39.2 Å². The predicted molar refractivity (Wildman–Crippen MR) is 79.6 cm³/mol. The quantitative estimate of drug-likeness (QED) is 0.286. The third-order valence-corrected chi connectivity index (χ3v) is 8.91. The summed E-state index contributed by atoms with van der Waals surface area (Å²) in [6.07, 6.45) is -3.95. The molecule has 1 saturated carbocycles. The summed E-state index contributed by atoms with van der Waals surface area (Å²) in [6.45, 7) is 0. The molecule has 2 unspecified atom stereocenters. The van der Waals surface area contributed by atoms with Crippen molar-refractivity contribution in [2.75, 3.05) is 0 Å². The summed E-state index contributed by atoms with van der Waals surface area (Å²) in [4.78, 5) is 0. The Labute approximate surface area is 158 Å². The van der Waals surface area contributed by atoms with Crippen molar-refractivity contribution < 1.29 is 56.3 Å². The molecule has 0 spiro atoms. The van der Waals surface area contributed by atoms with E-state index in [9.17, 15) is 56.3 Å². The molecule has 15 heteroatoms. The molecular formula is C14H10F9O4S2-. The van der Waals surface area contributed by atoms with Crippen molar-refractivity contribution in [1.29, 1.82) is 0 Å². The highest BCUT2D eigenvalue weighted by molar-refractivity contribution is 8.13.